The van der Waals surface area contributed by atoms with Gasteiger partial charge in [-0.3, -0.25) is 4.98 Å². The lowest BCUT2D eigenvalue weighted by Gasteiger charge is -2.34. The number of hydrogen-bond donors (Lipinski definition) is 1. The third-order valence-corrected chi connectivity index (χ3v) is 3.09. The Labute approximate surface area is 103 Å². The van der Waals surface area contributed by atoms with E-state index in [1.54, 1.807) is 4.90 Å². The molecule has 1 aliphatic heterocycles. The molecule has 0 aromatic carbocycles. The lowest BCUT2D eigenvalue weighted by molar-refractivity contribution is -0.176. The van der Waals surface area contributed by atoms with E-state index in [4.69, 9.17) is 5.73 Å². The van der Waals surface area contributed by atoms with Crippen LogP contribution in [0.5, 0.6) is 0 Å². The molecule has 7 heteroatoms. The summed E-state index contributed by atoms with van der Waals surface area (Å²) in [5.74, 6) is -0.804. The van der Waals surface area contributed by atoms with Gasteiger partial charge in [-0.1, -0.05) is 0 Å². The van der Waals surface area contributed by atoms with Crippen molar-refractivity contribution in [2.45, 2.75) is 25.6 Å². The fourth-order valence-corrected chi connectivity index (χ4v) is 2.10. The SMILES string of the molecule is NCc1cncc(N2CCCC(C(F)(F)F)C2)n1. The van der Waals surface area contributed by atoms with Crippen LogP contribution in [-0.2, 0) is 6.54 Å². The Hall–Kier alpha value is -1.37. The summed E-state index contributed by atoms with van der Waals surface area (Å²) in [6.45, 7) is 0.763. The molecule has 18 heavy (non-hydrogen) atoms. The predicted molar refractivity (Wildman–Crippen MR) is 60.9 cm³/mol. The number of aromatic nitrogens is 2. The number of hydrogen-bond acceptors (Lipinski definition) is 4. The monoisotopic (exact) mass is 260 g/mol. The van der Waals surface area contributed by atoms with Gasteiger partial charge in [0.1, 0.15) is 5.82 Å². The fraction of sp³-hybridized carbons (Fsp3) is 0.636. The second kappa shape index (κ2) is 5.09. The molecule has 1 aromatic heterocycles. The Kier molecular flexibility index (Phi) is 3.70. The highest BCUT2D eigenvalue weighted by Gasteiger charge is 2.42. The summed E-state index contributed by atoms with van der Waals surface area (Å²) < 4.78 is 38.1. The van der Waals surface area contributed by atoms with E-state index >= 15 is 0 Å². The van der Waals surface area contributed by atoms with E-state index in [1.807, 2.05) is 0 Å². The van der Waals surface area contributed by atoms with Crippen molar-refractivity contribution in [3.63, 3.8) is 0 Å². The molecule has 2 heterocycles. The molecule has 4 nitrogen and oxygen atoms in total. The first kappa shape index (κ1) is 13.1. The molecule has 0 spiro atoms. The molecule has 100 valence electrons. The van der Waals surface area contributed by atoms with Crippen molar-refractivity contribution in [1.82, 2.24) is 9.97 Å². The van der Waals surface area contributed by atoms with Crippen LogP contribution < -0.4 is 10.6 Å². The highest BCUT2D eigenvalue weighted by atomic mass is 19.4. The van der Waals surface area contributed by atoms with Gasteiger partial charge in [0.25, 0.3) is 0 Å². The number of alkyl halides is 3. The lowest BCUT2D eigenvalue weighted by atomic mass is 9.97. The average Bonchev–Trinajstić information content (AvgIpc) is 2.38. The molecule has 1 aliphatic rings. The van der Waals surface area contributed by atoms with Crippen LogP contribution in [0.15, 0.2) is 12.4 Å². The van der Waals surface area contributed by atoms with Crippen LogP contribution in [0.3, 0.4) is 0 Å². The molecule has 1 saturated heterocycles. The molecule has 1 fully saturated rings. The van der Waals surface area contributed by atoms with Gasteiger partial charge in [-0.2, -0.15) is 13.2 Å². The number of halogens is 3. The first-order valence-corrected chi connectivity index (χ1v) is 5.83. The number of anilines is 1. The second-order valence-corrected chi connectivity index (χ2v) is 4.40. The van der Waals surface area contributed by atoms with Gasteiger partial charge in [-0.25, -0.2) is 4.98 Å². The Balaban J connectivity index is 2.13. The maximum Gasteiger partial charge on any atom is 0.393 e. The summed E-state index contributed by atoms with van der Waals surface area (Å²) in [7, 11) is 0. The summed E-state index contributed by atoms with van der Waals surface area (Å²) in [6.07, 6.45) is -0.438. The average molecular weight is 260 g/mol. The Bertz CT molecular complexity index is 408. The minimum atomic E-state index is -4.14. The Morgan fingerprint density at radius 3 is 2.83 bits per heavy atom. The molecule has 1 unspecified atom stereocenters. The highest BCUT2D eigenvalue weighted by molar-refractivity contribution is 5.37. The van der Waals surface area contributed by atoms with Crippen molar-refractivity contribution in [1.29, 1.82) is 0 Å². The second-order valence-electron chi connectivity index (χ2n) is 4.40. The van der Waals surface area contributed by atoms with Gasteiger partial charge in [0.15, 0.2) is 0 Å². The zero-order chi connectivity index (χ0) is 13.2. The summed E-state index contributed by atoms with van der Waals surface area (Å²) >= 11 is 0. The standard InChI is InChI=1S/C11H15F3N4/c12-11(13,14)8-2-1-3-18(7-8)10-6-16-5-9(4-15)17-10/h5-6,8H,1-4,7,15H2. The molecule has 1 aromatic rings. The quantitative estimate of drug-likeness (QED) is 0.879. The third-order valence-electron chi connectivity index (χ3n) is 3.09. The summed E-state index contributed by atoms with van der Waals surface area (Å²) in [4.78, 5) is 9.79. The molecular weight excluding hydrogens is 245 g/mol. The van der Waals surface area contributed by atoms with Crippen molar-refractivity contribution >= 4 is 5.82 Å². The normalized spacial score (nSPS) is 21.1. The molecule has 2 rings (SSSR count). The maximum atomic E-state index is 12.7. The first-order valence-electron chi connectivity index (χ1n) is 5.83. The van der Waals surface area contributed by atoms with Crippen molar-refractivity contribution < 1.29 is 13.2 Å². The highest BCUT2D eigenvalue weighted by Crippen LogP contribution is 2.34. The van der Waals surface area contributed by atoms with E-state index in [9.17, 15) is 13.2 Å². The molecule has 0 radical (unpaired) electrons. The van der Waals surface area contributed by atoms with Crippen LogP contribution in [0.4, 0.5) is 19.0 Å². The minimum absolute atomic E-state index is 0.0494. The third kappa shape index (κ3) is 2.90. The van der Waals surface area contributed by atoms with Crippen LogP contribution in [0.2, 0.25) is 0 Å². The Morgan fingerprint density at radius 1 is 1.39 bits per heavy atom. The van der Waals surface area contributed by atoms with Gasteiger partial charge in [-0.05, 0) is 12.8 Å². The van der Waals surface area contributed by atoms with Crippen LogP contribution in [0.1, 0.15) is 18.5 Å². The van der Waals surface area contributed by atoms with Crippen molar-refractivity contribution in [2.75, 3.05) is 18.0 Å². The van der Waals surface area contributed by atoms with Gasteiger partial charge in [0.05, 0.1) is 17.8 Å². The van der Waals surface area contributed by atoms with E-state index in [-0.39, 0.29) is 19.5 Å². The lowest BCUT2D eigenvalue weighted by Crippen LogP contribution is -2.42. The fourth-order valence-electron chi connectivity index (χ4n) is 2.10. The molecular formula is C11H15F3N4. The van der Waals surface area contributed by atoms with Crippen molar-refractivity contribution in [3.8, 4) is 0 Å². The molecule has 0 bridgehead atoms. The van der Waals surface area contributed by atoms with Crippen LogP contribution in [0.25, 0.3) is 0 Å². The van der Waals surface area contributed by atoms with E-state index in [2.05, 4.69) is 9.97 Å². The summed E-state index contributed by atoms with van der Waals surface area (Å²) in [5, 5.41) is 0. The van der Waals surface area contributed by atoms with Gasteiger partial charge in [0.2, 0.25) is 0 Å². The largest absolute Gasteiger partial charge is 0.393 e. The van der Waals surface area contributed by atoms with Gasteiger partial charge >= 0.3 is 6.18 Å². The molecule has 0 aliphatic carbocycles. The van der Waals surface area contributed by atoms with E-state index in [1.165, 1.54) is 12.4 Å². The predicted octanol–water partition coefficient (Wildman–Crippen LogP) is 1.71. The maximum absolute atomic E-state index is 12.7. The Morgan fingerprint density at radius 2 is 2.17 bits per heavy atom. The molecule has 1 atom stereocenters. The number of rotatable bonds is 2. The number of nitrogens with zero attached hydrogens (tertiary/aromatic N) is 3. The van der Waals surface area contributed by atoms with Crippen LogP contribution >= 0.6 is 0 Å². The van der Waals surface area contributed by atoms with Crippen LogP contribution in [-0.4, -0.2) is 29.2 Å². The summed E-state index contributed by atoms with van der Waals surface area (Å²) in [6, 6.07) is 0. The number of piperidine rings is 1. The van der Waals surface area contributed by atoms with Gasteiger partial charge in [0, 0.05) is 25.8 Å². The number of nitrogens with two attached hydrogens (primary N) is 1. The van der Waals surface area contributed by atoms with Crippen molar-refractivity contribution in [2.24, 2.45) is 11.7 Å². The first-order chi connectivity index (χ1) is 8.50. The van der Waals surface area contributed by atoms with Gasteiger partial charge in [-0.15, -0.1) is 0 Å². The molecule has 0 saturated carbocycles. The minimum Gasteiger partial charge on any atom is -0.355 e. The topological polar surface area (TPSA) is 55.0 Å². The van der Waals surface area contributed by atoms with Crippen molar-refractivity contribution in [3.05, 3.63) is 18.1 Å². The molecule has 0 amide bonds. The van der Waals surface area contributed by atoms with Crippen LogP contribution in [0, 0.1) is 5.92 Å². The molecule has 2 N–H and O–H groups in total. The summed E-state index contributed by atoms with van der Waals surface area (Å²) in [5.41, 5.74) is 6.03. The zero-order valence-electron chi connectivity index (χ0n) is 9.82. The van der Waals surface area contributed by atoms with E-state index in [0.29, 0.717) is 24.5 Å². The van der Waals surface area contributed by atoms with Gasteiger partial charge < -0.3 is 10.6 Å². The smallest absolute Gasteiger partial charge is 0.355 e. The van der Waals surface area contributed by atoms with E-state index < -0.39 is 12.1 Å². The zero-order valence-corrected chi connectivity index (χ0v) is 9.82. The van der Waals surface area contributed by atoms with E-state index in [0.717, 1.165) is 0 Å².